The Kier molecular flexibility index (Phi) is 6.24. The lowest BCUT2D eigenvalue weighted by Gasteiger charge is -2.49. The zero-order valence-corrected chi connectivity index (χ0v) is 15.1. The van der Waals surface area contributed by atoms with Crippen LogP contribution in [0, 0.1) is 5.92 Å². The molecular weight excluding hydrogens is 318 g/mol. The van der Waals surface area contributed by atoms with Crippen molar-refractivity contribution in [2.24, 2.45) is 5.92 Å². The highest BCUT2D eigenvalue weighted by molar-refractivity contribution is 5.82. The molecule has 3 N–H and O–H groups in total. The largest absolute Gasteiger partial charge is 0.464 e. The van der Waals surface area contributed by atoms with Crippen LogP contribution in [0.4, 0.5) is 4.79 Å². The maximum atomic E-state index is 12.4. The van der Waals surface area contributed by atoms with Crippen LogP contribution in [-0.2, 0) is 14.3 Å². The number of aliphatic hydroxyl groups is 3. The second-order valence-electron chi connectivity index (χ2n) is 7.37. The maximum absolute atomic E-state index is 12.4. The fourth-order valence-corrected chi connectivity index (χ4v) is 2.82. The van der Waals surface area contributed by atoms with Gasteiger partial charge in [0, 0.05) is 0 Å². The van der Waals surface area contributed by atoms with Crippen LogP contribution in [0.2, 0.25) is 0 Å². The lowest BCUT2D eigenvalue weighted by molar-refractivity contribution is -0.224. The molecule has 0 spiro atoms. The van der Waals surface area contributed by atoms with E-state index in [1.165, 1.54) is 0 Å². The first kappa shape index (κ1) is 20.7. The average molecular weight is 347 g/mol. The molecule has 140 valence electrons. The lowest BCUT2D eigenvalue weighted by atomic mass is 9.77. The van der Waals surface area contributed by atoms with Gasteiger partial charge in [0.25, 0.3) is 0 Å². The summed E-state index contributed by atoms with van der Waals surface area (Å²) in [5.41, 5.74) is -3.26. The van der Waals surface area contributed by atoms with Crippen molar-refractivity contribution in [1.29, 1.82) is 0 Å². The minimum Gasteiger partial charge on any atom is -0.464 e. The van der Waals surface area contributed by atoms with Gasteiger partial charge in [-0.15, -0.1) is 0 Å². The zero-order chi connectivity index (χ0) is 18.9. The molecule has 0 unspecified atom stereocenters. The van der Waals surface area contributed by atoms with E-state index in [1.54, 1.807) is 41.5 Å². The predicted molar refractivity (Wildman–Crippen MR) is 85.2 cm³/mol. The quantitative estimate of drug-likeness (QED) is 0.628. The van der Waals surface area contributed by atoms with Crippen LogP contribution >= 0.6 is 0 Å². The molecular formula is C16H29NO7. The first-order chi connectivity index (χ1) is 10.9. The van der Waals surface area contributed by atoms with Crippen LogP contribution in [0.5, 0.6) is 0 Å². The monoisotopic (exact) mass is 347 g/mol. The Morgan fingerprint density at radius 2 is 1.83 bits per heavy atom. The molecule has 1 aliphatic heterocycles. The summed E-state index contributed by atoms with van der Waals surface area (Å²) in [5.74, 6) is -1.42. The van der Waals surface area contributed by atoms with E-state index in [0.717, 1.165) is 4.90 Å². The van der Waals surface area contributed by atoms with Crippen LogP contribution < -0.4 is 0 Å². The molecule has 0 aromatic carbocycles. The highest BCUT2D eigenvalue weighted by atomic mass is 16.6. The van der Waals surface area contributed by atoms with E-state index >= 15 is 0 Å². The van der Waals surface area contributed by atoms with Crippen LogP contribution in [0.15, 0.2) is 0 Å². The van der Waals surface area contributed by atoms with E-state index in [1.807, 2.05) is 0 Å². The maximum Gasteiger partial charge on any atom is 0.410 e. The van der Waals surface area contributed by atoms with Gasteiger partial charge in [-0.05, 0) is 33.6 Å². The Hall–Kier alpha value is -1.38. The molecule has 0 aromatic heterocycles. The van der Waals surface area contributed by atoms with E-state index in [0.29, 0.717) is 0 Å². The number of rotatable bonds is 3. The number of piperidine rings is 1. The van der Waals surface area contributed by atoms with Gasteiger partial charge in [0.05, 0.1) is 19.2 Å². The Balaban J connectivity index is 3.17. The molecule has 0 saturated carbocycles. The summed E-state index contributed by atoms with van der Waals surface area (Å²) in [6.07, 6.45) is -4.15. The van der Waals surface area contributed by atoms with E-state index in [9.17, 15) is 24.9 Å². The summed E-state index contributed by atoms with van der Waals surface area (Å²) < 4.78 is 10.1. The number of hydrogen-bond acceptors (Lipinski definition) is 7. The number of likely N-dealkylation sites (tertiary alicyclic amines) is 1. The molecule has 1 amide bonds. The minimum absolute atomic E-state index is 0.0112. The highest BCUT2D eigenvalue weighted by Gasteiger charge is 2.60. The van der Waals surface area contributed by atoms with Crippen molar-refractivity contribution in [2.45, 2.75) is 71.0 Å². The van der Waals surface area contributed by atoms with Crippen molar-refractivity contribution in [1.82, 2.24) is 4.90 Å². The summed E-state index contributed by atoms with van der Waals surface area (Å²) in [4.78, 5) is 25.6. The van der Waals surface area contributed by atoms with Crippen molar-refractivity contribution >= 4 is 12.1 Å². The van der Waals surface area contributed by atoms with Crippen molar-refractivity contribution in [3.8, 4) is 0 Å². The van der Waals surface area contributed by atoms with Gasteiger partial charge in [-0.1, -0.05) is 13.8 Å². The summed E-state index contributed by atoms with van der Waals surface area (Å²) in [6, 6.07) is -0.919. The zero-order valence-electron chi connectivity index (χ0n) is 15.1. The smallest absolute Gasteiger partial charge is 0.410 e. The molecule has 1 rings (SSSR count). The van der Waals surface area contributed by atoms with Crippen LogP contribution in [0.1, 0.15) is 41.5 Å². The molecule has 0 bridgehead atoms. The van der Waals surface area contributed by atoms with Gasteiger partial charge < -0.3 is 24.8 Å². The van der Waals surface area contributed by atoms with Gasteiger partial charge in [-0.3, -0.25) is 4.90 Å². The van der Waals surface area contributed by atoms with Gasteiger partial charge in [-0.25, -0.2) is 9.59 Å². The molecule has 0 aromatic rings. The number of nitrogens with zero attached hydrogens (tertiary/aromatic N) is 1. The van der Waals surface area contributed by atoms with Crippen molar-refractivity contribution < 1.29 is 34.4 Å². The minimum atomic E-state index is -2.50. The molecule has 0 aliphatic carbocycles. The molecule has 8 heteroatoms. The third kappa shape index (κ3) is 3.99. The van der Waals surface area contributed by atoms with Crippen molar-refractivity contribution in [2.75, 3.05) is 13.2 Å². The van der Waals surface area contributed by atoms with E-state index < -0.39 is 41.5 Å². The standard InChI is InChI=1S/C16H29NO7/c1-7-23-13(20)16(22)10(18)8-17(11(9(2)3)12(16)19)14(21)24-15(4,5)6/h9-12,18-19,22H,7-8H2,1-6H3/t10-,11+,12-,16-/m1/s1. The molecule has 1 saturated heterocycles. The first-order valence-electron chi connectivity index (χ1n) is 8.11. The van der Waals surface area contributed by atoms with Gasteiger partial charge in [-0.2, -0.15) is 0 Å². The first-order valence-corrected chi connectivity index (χ1v) is 8.11. The summed E-state index contributed by atoms with van der Waals surface area (Å²) >= 11 is 0. The Morgan fingerprint density at radius 1 is 1.29 bits per heavy atom. The predicted octanol–water partition coefficient (Wildman–Crippen LogP) is 0.278. The van der Waals surface area contributed by atoms with Gasteiger partial charge in [0.2, 0.25) is 5.60 Å². The number of ether oxygens (including phenoxy) is 2. The highest BCUT2D eigenvalue weighted by Crippen LogP contribution is 2.33. The molecule has 1 fully saturated rings. The van der Waals surface area contributed by atoms with E-state index in [2.05, 4.69) is 0 Å². The molecule has 0 radical (unpaired) electrons. The average Bonchev–Trinajstić information content (AvgIpc) is 2.41. The number of amides is 1. The number of carbonyl (C=O) groups excluding carboxylic acids is 2. The number of carbonyl (C=O) groups is 2. The summed E-state index contributed by atoms with van der Waals surface area (Å²) in [5, 5.41) is 31.4. The van der Waals surface area contributed by atoms with E-state index in [4.69, 9.17) is 9.47 Å². The second kappa shape index (κ2) is 7.25. The molecule has 1 heterocycles. The Morgan fingerprint density at radius 3 is 2.25 bits per heavy atom. The van der Waals surface area contributed by atoms with Crippen molar-refractivity contribution in [3.05, 3.63) is 0 Å². The van der Waals surface area contributed by atoms with Crippen LogP contribution in [-0.4, -0.2) is 74.9 Å². The number of aliphatic hydroxyl groups excluding tert-OH is 2. The Bertz CT molecular complexity index is 474. The Labute approximate surface area is 142 Å². The third-order valence-corrected chi connectivity index (χ3v) is 3.93. The number of hydrogen-bond donors (Lipinski definition) is 3. The van der Waals surface area contributed by atoms with Gasteiger partial charge in [0.15, 0.2) is 0 Å². The summed E-state index contributed by atoms with van der Waals surface area (Å²) in [6.45, 7) is 9.73. The SMILES string of the molecule is CCOC(=O)[C@@]1(O)[C@H](O)CN(C(=O)OC(C)(C)C)[C@@H](C(C)C)[C@H]1O. The number of esters is 1. The normalized spacial score (nSPS) is 31.1. The number of β-amino-alcohol motifs (C(OH)–C–C–N with tert-alkyl or cyclic N) is 1. The van der Waals surface area contributed by atoms with Crippen LogP contribution in [0.25, 0.3) is 0 Å². The second-order valence-corrected chi connectivity index (χ2v) is 7.37. The molecule has 1 aliphatic rings. The van der Waals surface area contributed by atoms with Crippen molar-refractivity contribution in [3.63, 3.8) is 0 Å². The van der Waals surface area contributed by atoms with E-state index in [-0.39, 0.29) is 19.1 Å². The summed E-state index contributed by atoms with van der Waals surface area (Å²) in [7, 11) is 0. The molecule has 4 atom stereocenters. The molecule has 8 nitrogen and oxygen atoms in total. The lowest BCUT2D eigenvalue weighted by Crippen LogP contribution is -2.73. The molecule has 24 heavy (non-hydrogen) atoms. The van der Waals surface area contributed by atoms with Crippen LogP contribution in [0.3, 0.4) is 0 Å². The topological polar surface area (TPSA) is 117 Å². The van der Waals surface area contributed by atoms with Gasteiger partial charge in [0.1, 0.15) is 17.8 Å². The van der Waals surface area contributed by atoms with Gasteiger partial charge >= 0.3 is 12.1 Å². The third-order valence-electron chi connectivity index (χ3n) is 3.93. The fraction of sp³-hybridized carbons (Fsp3) is 0.875. The fourth-order valence-electron chi connectivity index (χ4n) is 2.82.